The first-order valence-corrected chi connectivity index (χ1v) is 12.1. The van der Waals surface area contributed by atoms with Gasteiger partial charge in [-0.1, -0.05) is 42.5 Å². The Morgan fingerprint density at radius 3 is 1.22 bits per heavy atom. The van der Waals surface area contributed by atoms with Crippen molar-refractivity contribution in [3.63, 3.8) is 0 Å². The van der Waals surface area contributed by atoms with Gasteiger partial charge >= 0.3 is 0 Å². The van der Waals surface area contributed by atoms with Gasteiger partial charge in [0.15, 0.2) is 0 Å². The number of phenolic OH excluding ortho intramolecular Hbond substituents is 1. The molecule has 5 nitrogen and oxygen atoms in total. The van der Waals surface area contributed by atoms with Crippen molar-refractivity contribution >= 4 is 39.5 Å². The molecule has 3 aromatic rings. The molecule has 140 valence electrons. The van der Waals surface area contributed by atoms with Gasteiger partial charge in [0.1, 0.15) is 5.75 Å². The molecular weight excluding hydrogens is 431 g/mol. The molecule has 3 aromatic carbocycles. The summed E-state index contributed by atoms with van der Waals surface area (Å²) in [5.74, 6) is -0.0274. The first-order chi connectivity index (χ1) is 12.6. The lowest BCUT2D eigenvalue weighted by atomic mass is 9.97. The van der Waals surface area contributed by atoms with Gasteiger partial charge in [-0.3, -0.25) is 0 Å². The fourth-order valence-electron chi connectivity index (χ4n) is 2.60. The summed E-state index contributed by atoms with van der Waals surface area (Å²) in [5, 5.41) is 10.7. The summed E-state index contributed by atoms with van der Waals surface area (Å²) in [4.78, 5) is -0.0807. The highest BCUT2D eigenvalue weighted by molar-refractivity contribution is 8.14. The van der Waals surface area contributed by atoms with Gasteiger partial charge in [-0.15, -0.1) is 0 Å². The molecule has 0 fully saturated rings. The topological polar surface area (TPSA) is 88.5 Å². The van der Waals surface area contributed by atoms with E-state index in [0.717, 1.165) is 0 Å². The van der Waals surface area contributed by atoms with Crippen LogP contribution in [0, 0.1) is 0 Å². The first kappa shape index (κ1) is 19.7. The van der Waals surface area contributed by atoms with Crippen LogP contribution in [0.2, 0.25) is 0 Å². The Kier molecular flexibility index (Phi) is 5.22. The van der Waals surface area contributed by atoms with E-state index in [0.29, 0.717) is 22.3 Å². The number of benzene rings is 3. The Bertz CT molecular complexity index is 1110. The number of para-hydroxylation sites is 1. The number of phenols is 1. The summed E-state index contributed by atoms with van der Waals surface area (Å²) in [6.07, 6.45) is 0. The molecule has 0 amide bonds. The minimum absolute atomic E-state index is 0.0274. The van der Waals surface area contributed by atoms with Crippen LogP contribution in [0.5, 0.6) is 5.75 Å². The van der Waals surface area contributed by atoms with Crippen molar-refractivity contribution in [1.82, 2.24) is 0 Å². The van der Waals surface area contributed by atoms with Crippen molar-refractivity contribution in [2.75, 3.05) is 0 Å². The zero-order chi connectivity index (χ0) is 19.8. The summed E-state index contributed by atoms with van der Waals surface area (Å²) >= 11 is 0. The number of rotatable bonds is 4. The third-order valence-corrected chi connectivity index (χ3v) is 6.67. The minimum atomic E-state index is -3.83. The van der Waals surface area contributed by atoms with Crippen LogP contribution in [0.25, 0.3) is 22.3 Å². The number of halogens is 2. The highest BCUT2D eigenvalue weighted by atomic mass is 35.7. The van der Waals surface area contributed by atoms with Gasteiger partial charge in [-0.25, -0.2) is 16.8 Å². The van der Waals surface area contributed by atoms with Crippen molar-refractivity contribution in [3.05, 3.63) is 66.7 Å². The lowest BCUT2D eigenvalue weighted by Crippen LogP contribution is -1.91. The third-order valence-electron chi connectivity index (χ3n) is 3.93. The second-order valence-corrected chi connectivity index (χ2v) is 10.8. The van der Waals surface area contributed by atoms with Crippen molar-refractivity contribution in [1.29, 1.82) is 0 Å². The zero-order valence-corrected chi connectivity index (χ0v) is 16.6. The predicted molar refractivity (Wildman–Crippen MR) is 105 cm³/mol. The molecule has 0 aliphatic heterocycles. The van der Waals surface area contributed by atoms with Gasteiger partial charge in [0, 0.05) is 32.5 Å². The largest absolute Gasteiger partial charge is 0.507 e. The van der Waals surface area contributed by atoms with Gasteiger partial charge in [-0.2, -0.15) is 0 Å². The molecule has 0 aliphatic rings. The second kappa shape index (κ2) is 7.16. The summed E-state index contributed by atoms with van der Waals surface area (Å²) < 4.78 is 45.4. The first-order valence-electron chi connectivity index (χ1n) is 7.49. The highest BCUT2D eigenvalue weighted by Crippen LogP contribution is 2.38. The maximum absolute atomic E-state index is 11.3. The van der Waals surface area contributed by atoms with Crippen LogP contribution in [0.3, 0.4) is 0 Å². The number of aromatic hydroxyl groups is 1. The van der Waals surface area contributed by atoms with Crippen LogP contribution in [0.4, 0.5) is 0 Å². The fourth-order valence-corrected chi connectivity index (χ4v) is 4.14. The number of hydrogen-bond donors (Lipinski definition) is 1. The molecule has 0 saturated heterocycles. The second-order valence-electron chi connectivity index (χ2n) is 5.63. The Hall–Kier alpha value is -2.06. The van der Waals surface area contributed by atoms with E-state index < -0.39 is 18.1 Å². The van der Waals surface area contributed by atoms with Crippen molar-refractivity contribution in [2.45, 2.75) is 9.79 Å². The molecule has 0 unspecified atom stereocenters. The third kappa shape index (κ3) is 4.27. The van der Waals surface area contributed by atoms with Crippen LogP contribution in [0.1, 0.15) is 0 Å². The molecule has 3 rings (SSSR count). The van der Waals surface area contributed by atoms with E-state index in [1.54, 1.807) is 18.2 Å². The summed E-state index contributed by atoms with van der Waals surface area (Å²) in [6, 6.07) is 16.6. The Labute approximate surface area is 165 Å². The van der Waals surface area contributed by atoms with E-state index in [4.69, 9.17) is 21.4 Å². The summed E-state index contributed by atoms with van der Waals surface area (Å²) in [6.45, 7) is 0. The fraction of sp³-hybridized carbons (Fsp3) is 0. The highest BCUT2D eigenvalue weighted by Gasteiger charge is 2.15. The molecule has 1 N–H and O–H groups in total. The van der Waals surface area contributed by atoms with E-state index >= 15 is 0 Å². The van der Waals surface area contributed by atoms with E-state index in [1.165, 1.54) is 48.5 Å². The van der Waals surface area contributed by atoms with Crippen molar-refractivity contribution in [2.24, 2.45) is 0 Å². The van der Waals surface area contributed by atoms with Gasteiger partial charge in [0.25, 0.3) is 18.1 Å². The monoisotopic (exact) mass is 442 g/mol. The van der Waals surface area contributed by atoms with Gasteiger partial charge in [0.05, 0.1) is 9.79 Å². The van der Waals surface area contributed by atoms with Gasteiger partial charge in [-0.05, 0) is 35.4 Å². The average molecular weight is 443 g/mol. The lowest BCUT2D eigenvalue weighted by Gasteiger charge is -2.11. The quantitative estimate of drug-likeness (QED) is 0.597. The molecule has 0 saturated carbocycles. The summed E-state index contributed by atoms with van der Waals surface area (Å²) in [7, 11) is 2.96. The lowest BCUT2D eigenvalue weighted by molar-refractivity contribution is 0.479. The Morgan fingerprint density at radius 2 is 0.926 bits per heavy atom. The van der Waals surface area contributed by atoms with Gasteiger partial charge < -0.3 is 5.11 Å². The van der Waals surface area contributed by atoms with Crippen LogP contribution in [-0.4, -0.2) is 21.9 Å². The molecule has 0 atom stereocenters. The van der Waals surface area contributed by atoms with Crippen LogP contribution >= 0.6 is 21.4 Å². The average Bonchev–Trinajstić information content (AvgIpc) is 2.61. The predicted octanol–water partition coefficient (Wildman–Crippen LogP) is 4.58. The molecule has 0 bridgehead atoms. The zero-order valence-electron chi connectivity index (χ0n) is 13.5. The van der Waals surface area contributed by atoms with E-state index in [-0.39, 0.29) is 15.5 Å². The molecule has 27 heavy (non-hydrogen) atoms. The molecule has 0 aliphatic carbocycles. The Morgan fingerprint density at radius 1 is 0.593 bits per heavy atom. The van der Waals surface area contributed by atoms with Crippen molar-refractivity contribution in [3.8, 4) is 28.0 Å². The normalized spacial score (nSPS) is 12.1. The van der Waals surface area contributed by atoms with Gasteiger partial charge in [0.2, 0.25) is 0 Å². The molecule has 0 spiro atoms. The van der Waals surface area contributed by atoms with Crippen molar-refractivity contribution < 1.29 is 21.9 Å². The minimum Gasteiger partial charge on any atom is -0.507 e. The Balaban J connectivity index is 2.04. The van der Waals surface area contributed by atoms with E-state index in [2.05, 4.69) is 0 Å². The standard InChI is InChI=1S/C18H12Cl2O5S2/c19-26(22,23)14-8-4-12(5-9-14)16-2-1-3-17(18(16)21)13-6-10-15(11-7-13)27(20,24)25/h1-11,21H. The summed E-state index contributed by atoms with van der Waals surface area (Å²) in [5.41, 5.74) is 2.16. The molecule has 0 heterocycles. The van der Waals surface area contributed by atoms with E-state index in [1.807, 2.05) is 0 Å². The van der Waals surface area contributed by atoms with E-state index in [9.17, 15) is 21.9 Å². The van der Waals surface area contributed by atoms with Crippen LogP contribution < -0.4 is 0 Å². The number of hydrogen-bond acceptors (Lipinski definition) is 5. The molecule has 0 radical (unpaired) electrons. The molecule has 9 heteroatoms. The molecular formula is C18H12Cl2O5S2. The van der Waals surface area contributed by atoms with Crippen LogP contribution in [-0.2, 0) is 18.1 Å². The molecule has 0 aromatic heterocycles. The SMILES string of the molecule is O=S(=O)(Cl)c1ccc(-c2cccc(-c3ccc(S(=O)(=O)Cl)cc3)c2O)cc1. The maximum Gasteiger partial charge on any atom is 0.261 e. The maximum atomic E-state index is 11.3. The van der Waals surface area contributed by atoms with Crippen LogP contribution in [0.15, 0.2) is 76.5 Å². The smallest absolute Gasteiger partial charge is 0.261 e.